The van der Waals surface area contributed by atoms with Crippen LogP contribution in [-0.4, -0.2) is 73.0 Å². The summed E-state index contributed by atoms with van der Waals surface area (Å²) >= 11 is 0. The Kier molecular flexibility index (Phi) is 5.42. The van der Waals surface area contributed by atoms with Crippen molar-refractivity contribution in [1.82, 2.24) is 34.9 Å². The number of aromatic nitrogens is 5. The normalized spacial score (nSPS) is 22.7. The van der Waals surface area contributed by atoms with Gasteiger partial charge >= 0.3 is 0 Å². The van der Waals surface area contributed by atoms with Crippen LogP contribution >= 0.6 is 0 Å². The van der Waals surface area contributed by atoms with Crippen molar-refractivity contribution in [3.63, 3.8) is 0 Å². The number of hydrogen-bond acceptors (Lipinski definition) is 8. The molecule has 0 saturated carbocycles. The number of carbonyl (C=O) groups is 1. The van der Waals surface area contributed by atoms with E-state index >= 15 is 0 Å². The second-order valence-electron chi connectivity index (χ2n) is 8.24. The predicted octanol–water partition coefficient (Wildman–Crippen LogP) is 2.12. The van der Waals surface area contributed by atoms with Gasteiger partial charge in [0, 0.05) is 69.8 Å². The highest BCUT2D eigenvalue weighted by molar-refractivity contribution is 5.73. The first-order valence-corrected chi connectivity index (χ1v) is 10.7. The molecule has 3 aromatic heterocycles. The molecule has 5 rings (SSSR count). The lowest BCUT2D eigenvalue weighted by Gasteiger charge is -2.36. The molecule has 3 aromatic rings. The summed E-state index contributed by atoms with van der Waals surface area (Å²) in [6.45, 7) is 5.03. The smallest absolute Gasteiger partial charge is 0.232 e. The summed E-state index contributed by atoms with van der Waals surface area (Å²) in [5.41, 5.74) is 1.78. The number of likely N-dealkylation sites (tertiary alicyclic amines) is 2. The summed E-state index contributed by atoms with van der Waals surface area (Å²) < 4.78 is 5.71. The highest BCUT2D eigenvalue weighted by Crippen LogP contribution is 2.41. The van der Waals surface area contributed by atoms with Gasteiger partial charge in [-0.15, -0.1) is 0 Å². The number of amides is 1. The Labute approximate surface area is 180 Å². The second-order valence-corrected chi connectivity index (χ2v) is 8.24. The van der Waals surface area contributed by atoms with Gasteiger partial charge in [-0.05, 0) is 24.5 Å². The van der Waals surface area contributed by atoms with Crippen molar-refractivity contribution in [2.45, 2.75) is 37.6 Å². The Morgan fingerprint density at radius 2 is 1.87 bits per heavy atom. The van der Waals surface area contributed by atoms with Gasteiger partial charge < -0.3 is 9.42 Å². The van der Waals surface area contributed by atoms with Gasteiger partial charge in [0.1, 0.15) is 5.69 Å². The van der Waals surface area contributed by atoms with E-state index in [-0.39, 0.29) is 17.7 Å². The molecule has 0 aromatic carbocycles. The van der Waals surface area contributed by atoms with Gasteiger partial charge in [0.05, 0.1) is 12.1 Å². The number of carbonyl (C=O) groups excluding carboxylic acids is 1. The molecule has 0 unspecified atom stereocenters. The molecule has 0 bridgehead atoms. The lowest BCUT2D eigenvalue weighted by atomic mass is 9.90. The molecular formula is C22H25N7O2. The zero-order valence-corrected chi connectivity index (χ0v) is 17.5. The van der Waals surface area contributed by atoms with Gasteiger partial charge in [-0.1, -0.05) is 11.2 Å². The van der Waals surface area contributed by atoms with Crippen LogP contribution in [0, 0.1) is 0 Å². The van der Waals surface area contributed by atoms with E-state index in [4.69, 9.17) is 4.52 Å². The average Bonchev–Trinajstić information content (AvgIpc) is 3.48. The zero-order valence-electron chi connectivity index (χ0n) is 17.5. The van der Waals surface area contributed by atoms with E-state index in [1.807, 2.05) is 17.2 Å². The second kappa shape index (κ2) is 8.50. The fourth-order valence-electron chi connectivity index (χ4n) is 4.77. The first-order chi connectivity index (χ1) is 15.2. The summed E-state index contributed by atoms with van der Waals surface area (Å²) in [4.78, 5) is 33.5. The van der Waals surface area contributed by atoms with Crippen molar-refractivity contribution in [3.05, 3.63) is 54.6 Å². The fourth-order valence-corrected chi connectivity index (χ4v) is 4.77. The maximum Gasteiger partial charge on any atom is 0.232 e. The maximum absolute atomic E-state index is 11.7. The number of hydrogen-bond donors (Lipinski definition) is 0. The first-order valence-electron chi connectivity index (χ1n) is 10.7. The van der Waals surface area contributed by atoms with Crippen molar-refractivity contribution < 1.29 is 9.32 Å². The average molecular weight is 419 g/mol. The van der Waals surface area contributed by atoms with Gasteiger partial charge in [0.2, 0.25) is 17.6 Å². The Bertz CT molecular complexity index is 1020. The SMILES string of the molecule is CC(=O)N1CCC(N2C[C@@H](c3cccnc3)[C@H](c3nc(-c4cnccn4)no3)C2)CC1. The molecule has 9 nitrogen and oxygen atoms in total. The van der Waals surface area contributed by atoms with Gasteiger partial charge in [-0.25, -0.2) is 4.98 Å². The van der Waals surface area contributed by atoms with Gasteiger partial charge in [0.15, 0.2) is 0 Å². The highest BCUT2D eigenvalue weighted by atomic mass is 16.5. The lowest BCUT2D eigenvalue weighted by molar-refractivity contribution is -0.130. The molecule has 0 radical (unpaired) electrons. The topological polar surface area (TPSA) is 101 Å². The molecule has 2 saturated heterocycles. The predicted molar refractivity (Wildman–Crippen MR) is 112 cm³/mol. The van der Waals surface area contributed by atoms with Gasteiger partial charge in [-0.2, -0.15) is 4.98 Å². The lowest BCUT2D eigenvalue weighted by Crippen LogP contribution is -2.45. The summed E-state index contributed by atoms with van der Waals surface area (Å²) in [5, 5.41) is 4.16. The standard InChI is InChI=1S/C22H25N7O2/c1-15(30)28-9-4-17(5-10-28)29-13-18(16-3-2-6-23-11-16)19(14-29)22-26-21(27-31-22)20-12-24-7-8-25-20/h2-3,6-8,11-12,17-19H,4-5,9-10,13-14H2,1H3/t18-,19+/m0/s1. The maximum atomic E-state index is 11.7. The number of rotatable bonds is 4. The summed E-state index contributed by atoms with van der Waals surface area (Å²) in [6.07, 6.45) is 10.6. The molecule has 1 amide bonds. The molecule has 0 spiro atoms. The molecular weight excluding hydrogens is 394 g/mol. The third-order valence-electron chi connectivity index (χ3n) is 6.44. The Balaban J connectivity index is 1.39. The van der Waals surface area contributed by atoms with E-state index in [9.17, 15) is 4.79 Å². The van der Waals surface area contributed by atoms with Gasteiger partial charge in [0.25, 0.3) is 0 Å². The van der Waals surface area contributed by atoms with Gasteiger partial charge in [-0.3, -0.25) is 19.7 Å². The third-order valence-corrected chi connectivity index (χ3v) is 6.44. The Morgan fingerprint density at radius 1 is 1.06 bits per heavy atom. The van der Waals surface area contributed by atoms with E-state index in [0.717, 1.165) is 39.0 Å². The zero-order chi connectivity index (χ0) is 21.2. The van der Waals surface area contributed by atoms with Crippen LogP contribution in [0.5, 0.6) is 0 Å². The number of pyridine rings is 1. The van der Waals surface area contributed by atoms with E-state index in [1.54, 1.807) is 31.7 Å². The van der Waals surface area contributed by atoms with Crippen LogP contribution in [0.15, 0.2) is 47.6 Å². The number of piperidine rings is 1. The fraction of sp³-hybridized carbons (Fsp3) is 0.455. The van der Waals surface area contributed by atoms with Crippen molar-refractivity contribution >= 4 is 5.91 Å². The van der Waals surface area contributed by atoms with E-state index in [2.05, 4.69) is 36.1 Å². The van der Waals surface area contributed by atoms with E-state index in [1.165, 1.54) is 5.56 Å². The monoisotopic (exact) mass is 419 g/mol. The molecule has 2 aliphatic rings. The van der Waals surface area contributed by atoms with E-state index < -0.39 is 0 Å². The van der Waals surface area contributed by atoms with Crippen LogP contribution in [0.3, 0.4) is 0 Å². The minimum absolute atomic E-state index is 0.0768. The van der Waals surface area contributed by atoms with Crippen LogP contribution in [0.1, 0.15) is 43.1 Å². The molecule has 160 valence electrons. The quantitative estimate of drug-likeness (QED) is 0.634. The molecule has 2 aliphatic heterocycles. The minimum atomic E-state index is 0.0768. The Morgan fingerprint density at radius 3 is 2.58 bits per heavy atom. The van der Waals surface area contributed by atoms with Crippen LogP contribution in [-0.2, 0) is 4.79 Å². The minimum Gasteiger partial charge on any atom is -0.343 e. The number of nitrogens with zero attached hydrogens (tertiary/aromatic N) is 7. The van der Waals surface area contributed by atoms with Crippen LogP contribution < -0.4 is 0 Å². The molecule has 9 heteroatoms. The third kappa shape index (κ3) is 4.05. The highest BCUT2D eigenvalue weighted by Gasteiger charge is 2.41. The summed E-state index contributed by atoms with van der Waals surface area (Å²) in [5.74, 6) is 1.54. The van der Waals surface area contributed by atoms with Crippen LogP contribution in [0.2, 0.25) is 0 Å². The van der Waals surface area contributed by atoms with Crippen LogP contribution in [0.4, 0.5) is 0 Å². The molecule has 0 aliphatic carbocycles. The van der Waals surface area contributed by atoms with Crippen molar-refractivity contribution in [2.24, 2.45) is 0 Å². The summed E-state index contributed by atoms with van der Waals surface area (Å²) in [6, 6.07) is 4.54. The molecule has 31 heavy (non-hydrogen) atoms. The Hall–Kier alpha value is -3.20. The van der Waals surface area contributed by atoms with Crippen LogP contribution in [0.25, 0.3) is 11.5 Å². The van der Waals surface area contributed by atoms with Crippen molar-refractivity contribution in [3.8, 4) is 11.5 Å². The largest absolute Gasteiger partial charge is 0.343 e. The molecule has 2 fully saturated rings. The molecule has 2 atom stereocenters. The first kappa shape index (κ1) is 19.7. The van der Waals surface area contributed by atoms with Crippen molar-refractivity contribution in [2.75, 3.05) is 26.2 Å². The van der Waals surface area contributed by atoms with E-state index in [0.29, 0.717) is 23.5 Å². The molecule has 5 heterocycles. The van der Waals surface area contributed by atoms with Crippen molar-refractivity contribution in [1.29, 1.82) is 0 Å². The summed E-state index contributed by atoms with van der Waals surface area (Å²) in [7, 11) is 0. The molecule has 0 N–H and O–H groups in total.